The molecule has 86 valence electrons. The summed E-state index contributed by atoms with van der Waals surface area (Å²) in [6, 6.07) is 8.93. The number of hydrogen-bond donors (Lipinski definition) is 0. The van der Waals surface area contributed by atoms with Crippen LogP contribution in [0.15, 0.2) is 30.3 Å². The van der Waals surface area contributed by atoms with Gasteiger partial charge in [-0.05, 0) is 12.1 Å². The van der Waals surface area contributed by atoms with Gasteiger partial charge >= 0.3 is 5.97 Å². The summed E-state index contributed by atoms with van der Waals surface area (Å²) in [6.07, 6.45) is 0. The number of carbonyl (C=O) groups excluding carboxylic acids is 2. The first kappa shape index (κ1) is 11.3. The minimum absolute atomic E-state index is 0.149. The highest BCUT2D eigenvalue weighted by Gasteiger charge is 2.17. The first-order chi connectivity index (χ1) is 8.13. The van der Waals surface area contributed by atoms with Crippen LogP contribution in [0.5, 0.6) is 0 Å². The van der Waals surface area contributed by atoms with Crippen LogP contribution in [0.2, 0.25) is 0 Å². The summed E-state index contributed by atoms with van der Waals surface area (Å²) in [6.45, 7) is 1.38. The van der Waals surface area contributed by atoms with E-state index < -0.39 is 5.97 Å². The van der Waals surface area contributed by atoms with Crippen molar-refractivity contribution in [3.63, 3.8) is 0 Å². The van der Waals surface area contributed by atoms with Gasteiger partial charge in [-0.2, -0.15) is 0 Å². The number of aromatic nitrogens is 1. The number of pyridine rings is 1. The maximum Gasteiger partial charge on any atom is 0.340 e. The fraction of sp³-hybridized carbons (Fsp3) is 0.154. The lowest BCUT2D eigenvalue weighted by Crippen LogP contribution is -2.10. The Labute approximate surface area is 98.2 Å². The highest BCUT2D eigenvalue weighted by atomic mass is 16.5. The molecule has 1 aromatic heterocycles. The second-order valence-electron chi connectivity index (χ2n) is 3.63. The number of ketones is 1. The number of ether oxygens (including phenoxy) is 1. The van der Waals surface area contributed by atoms with E-state index in [1.165, 1.54) is 14.0 Å². The fourth-order valence-electron chi connectivity index (χ4n) is 1.65. The van der Waals surface area contributed by atoms with Crippen LogP contribution in [0.1, 0.15) is 27.8 Å². The Morgan fingerprint density at radius 2 is 1.94 bits per heavy atom. The maximum atomic E-state index is 11.6. The summed E-state index contributed by atoms with van der Waals surface area (Å²) in [5, 5.41) is 0.804. The van der Waals surface area contributed by atoms with Crippen molar-refractivity contribution in [1.29, 1.82) is 0 Å². The molecule has 0 unspecified atom stereocenters. The molecule has 0 bridgehead atoms. The molecule has 4 heteroatoms. The zero-order valence-corrected chi connectivity index (χ0v) is 9.56. The molecule has 2 aromatic rings. The largest absolute Gasteiger partial charge is 0.465 e. The number of fused-ring (bicyclic) bond motifs is 1. The third-order valence-electron chi connectivity index (χ3n) is 2.46. The molecule has 0 fully saturated rings. The minimum atomic E-state index is -0.548. The standard InChI is InChI=1S/C13H11NO3/c1-8(15)12-10(13(16)17-2)7-9-5-3-4-6-11(9)14-12/h3-7H,1-2H3. The van der Waals surface area contributed by atoms with Gasteiger partial charge in [-0.15, -0.1) is 0 Å². The van der Waals surface area contributed by atoms with Gasteiger partial charge in [0.1, 0.15) is 5.69 Å². The molecule has 1 heterocycles. The van der Waals surface area contributed by atoms with Crippen LogP contribution in [0, 0.1) is 0 Å². The molecular formula is C13H11NO3. The maximum absolute atomic E-state index is 11.6. The lowest BCUT2D eigenvalue weighted by molar-refractivity contribution is 0.0596. The van der Waals surface area contributed by atoms with Gasteiger partial charge in [0.2, 0.25) is 0 Å². The SMILES string of the molecule is COC(=O)c1cc2ccccc2nc1C(C)=O. The molecule has 17 heavy (non-hydrogen) atoms. The average molecular weight is 229 g/mol. The highest BCUT2D eigenvalue weighted by molar-refractivity contribution is 6.06. The van der Waals surface area contributed by atoms with Gasteiger partial charge in [0.05, 0.1) is 18.2 Å². The molecule has 1 aromatic carbocycles. The van der Waals surface area contributed by atoms with Gasteiger partial charge in [-0.1, -0.05) is 18.2 Å². The molecule has 0 spiro atoms. The number of nitrogens with zero attached hydrogens (tertiary/aromatic N) is 1. The third kappa shape index (κ3) is 2.01. The van der Waals surface area contributed by atoms with Crippen LogP contribution < -0.4 is 0 Å². The quantitative estimate of drug-likeness (QED) is 0.585. The number of benzene rings is 1. The van der Waals surface area contributed by atoms with Gasteiger partial charge in [-0.25, -0.2) is 9.78 Å². The molecular weight excluding hydrogens is 218 g/mol. The number of esters is 1. The zero-order valence-electron chi connectivity index (χ0n) is 9.56. The summed E-state index contributed by atoms with van der Waals surface area (Å²) >= 11 is 0. The Morgan fingerprint density at radius 1 is 1.24 bits per heavy atom. The Hall–Kier alpha value is -2.23. The number of methoxy groups -OCH3 is 1. The van der Waals surface area contributed by atoms with Crippen molar-refractivity contribution in [2.24, 2.45) is 0 Å². The van der Waals surface area contributed by atoms with Gasteiger partial charge < -0.3 is 4.74 Å². The molecule has 0 aliphatic carbocycles. The summed E-state index contributed by atoms with van der Waals surface area (Å²) < 4.78 is 4.64. The van der Waals surface area contributed by atoms with Crippen LogP contribution in [0.3, 0.4) is 0 Å². The van der Waals surface area contributed by atoms with E-state index in [1.807, 2.05) is 18.2 Å². The molecule has 0 N–H and O–H groups in total. The van der Waals surface area contributed by atoms with E-state index in [-0.39, 0.29) is 17.0 Å². The van der Waals surface area contributed by atoms with Crippen molar-refractivity contribution in [2.45, 2.75) is 6.92 Å². The number of para-hydroxylation sites is 1. The van der Waals surface area contributed by atoms with Gasteiger partial charge in [0.15, 0.2) is 5.78 Å². The van der Waals surface area contributed by atoms with Crippen LogP contribution in [-0.2, 0) is 4.74 Å². The Kier molecular flexibility index (Phi) is 2.87. The Morgan fingerprint density at radius 3 is 2.59 bits per heavy atom. The number of hydrogen-bond acceptors (Lipinski definition) is 4. The Balaban J connectivity index is 2.75. The summed E-state index contributed by atoms with van der Waals surface area (Å²) in [7, 11) is 1.28. The molecule has 2 rings (SSSR count). The van der Waals surface area contributed by atoms with Crippen LogP contribution >= 0.6 is 0 Å². The minimum Gasteiger partial charge on any atom is -0.465 e. The van der Waals surface area contributed by atoms with Crippen molar-refractivity contribution in [3.05, 3.63) is 41.6 Å². The predicted molar refractivity (Wildman–Crippen MR) is 63.1 cm³/mol. The van der Waals surface area contributed by atoms with E-state index in [0.29, 0.717) is 5.52 Å². The third-order valence-corrected chi connectivity index (χ3v) is 2.46. The van der Waals surface area contributed by atoms with E-state index in [2.05, 4.69) is 9.72 Å². The normalized spacial score (nSPS) is 10.2. The number of carbonyl (C=O) groups is 2. The second kappa shape index (κ2) is 4.33. The van der Waals surface area contributed by atoms with E-state index in [9.17, 15) is 9.59 Å². The fourth-order valence-corrected chi connectivity index (χ4v) is 1.65. The molecule has 4 nitrogen and oxygen atoms in total. The molecule has 0 radical (unpaired) electrons. The monoisotopic (exact) mass is 229 g/mol. The highest BCUT2D eigenvalue weighted by Crippen LogP contribution is 2.17. The zero-order chi connectivity index (χ0) is 12.4. The summed E-state index contributed by atoms with van der Waals surface area (Å²) in [5.74, 6) is -0.801. The van der Waals surface area contributed by atoms with Crippen molar-refractivity contribution in [3.8, 4) is 0 Å². The van der Waals surface area contributed by atoms with Crippen molar-refractivity contribution in [1.82, 2.24) is 4.98 Å². The molecule has 0 amide bonds. The molecule has 0 saturated carbocycles. The molecule has 0 aliphatic heterocycles. The average Bonchev–Trinajstić information content (AvgIpc) is 2.36. The van der Waals surface area contributed by atoms with Crippen LogP contribution in [0.25, 0.3) is 10.9 Å². The molecule has 0 saturated heterocycles. The summed E-state index contributed by atoms with van der Waals surface area (Å²) in [4.78, 5) is 27.2. The van der Waals surface area contributed by atoms with Crippen molar-refractivity contribution in [2.75, 3.05) is 7.11 Å². The van der Waals surface area contributed by atoms with Gasteiger partial charge in [0, 0.05) is 12.3 Å². The predicted octanol–water partition coefficient (Wildman–Crippen LogP) is 2.22. The smallest absolute Gasteiger partial charge is 0.340 e. The first-order valence-electron chi connectivity index (χ1n) is 5.12. The van der Waals surface area contributed by atoms with Gasteiger partial charge in [0.25, 0.3) is 0 Å². The first-order valence-corrected chi connectivity index (χ1v) is 5.12. The number of Topliss-reactive ketones (excluding diaryl/α,β-unsaturated/α-hetero) is 1. The Bertz CT molecular complexity index is 605. The second-order valence-corrected chi connectivity index (χ2v) is 3.63. The lowest BCUT2D eigenvalue weighted by Gasteiger charge is -2.06. The summed E-state index contributed by atoms with van der Waals surface area (Å²) in [5.41, 5.74) is 1.04. The molecule has 0 aliphatic rings. The van der Waals surface area contributed by atoms with E-state index in [0.717, 1.165) is 5.39 Å². The van der Waals surface area contributed by atoms with Gasteiger partial charge in [-0.3, -0.25) is 4.79 Å². The van der Waals surface area contributed by atoms with E-state index in [1.54, 1.807) is 12.1 Å². The van der Waals surface area contributed by atoms with Crippen molar-refractivity contribution < 1.29 is 14.3 Å². The van der Waals surface area contributed by atoms with Crippen LogP contribution in [0.4, 0.5) is 0 Å². The number of rotatable bonds is 2. The van der Waals surface area contributed by atoms with E-state index >= 15 is 0 Å². The molecule has 0 atom stereocenters. The van der Waals surface area contributed by atoms with E-state index in [4.69, 9.17) is 0 Å². The van der Waals surface area contributed by atoms with Crippen LogP contribution in [-0.4, -0.2) is 23.8 Å². The topological polar surface area (TPSA) is 56.3 Å². The van der Waals surface area contributed by atoms with Crippen molar-refractivity contribution >= 4 is 22.7 Å². The lowest BCUT2D eigenvalue weighted by atomic mass is 10.1.